The Kier molecular flexibility index (Phi) is 4.58. The molecule has 0 aromatic carbocycles. The summed E-state index contributed by atoms with van der Waals surface area (Å²) in [6, 6.07) is 0. The molecule has 1 aliphatic heterocycles. The molecule has 1 heterocycles. The van der Waals surface area contributed by atoms with Crippen LogP contribution in [0.1, 0.15) is 46.5 Å². The van der Waals surface area contributed by atoms with Crippen molar-refractivity contribution in [3.8, 4) is 0 Å². The number of likely N-dealkylation sites (tertiary alicyclic amines) is 1. The fraction of sp³-hybridized carbons (Fsp3) is 0.917. The van der Waals surface area contributed by atoms with E-state index >= 15 is 0 Å². The summed E-state index contributed by atoms with van der Waals surface area (Å²) < 4.78 is 5.73. The molecule has 1 saturated heterocycles. The van der Waals surface area contributed by atoms with Crippen molar-refractivity contribution < 1.29 is 4.74 Å². The number of rotatable bonds is 4. The van der Waals surface area contributed by atoms with Gasteiger partial charge in [-0.2, -0.15) is 0 Å². The van der Waals surface area contributed by atoms with E-state index in [0.717, 1.165) is 19.5 Å². The van der Waals surface area contributed by atoms with Crippen LogP contribution in [0.4, 0.5) is 0 Å². The highest BCUT2D eigenvalue weighted by atomic mass is 16.5. The Morgan fingerprint density at radius 2 is 1.87 bits per heavy atom. The minimum atomic E-state index is -0.383. The van der Waals surface area contributed by atoms with E-state index < -0.39 is 0 Å². The fourth-order valence-electron chi connectivity index (χ4n) is 2.11. The van der Waals surface area contributed by atoms with Crippen molar-refractivity contribution in [1.82, 2.24) is 4.90 Å². The summed E-state index contributed by atoms with van der Waals surface area (Å²) in [6.45, 7) is 8.86. The van der Waals surface area contributed by atoms with E-state index in [0.29, 0.717) is 12.4 Å². The maximum absolute atomic E-state index is 8.24. The Hall–Kier alpha value is -0.570. The molecule has 1 unspecified atom stereocenters. The predicted octanol–water partition coefficient (Wildman–Crippen LogP) is 2.65. The average molecular weight is 212 g/mol. The van der Waals surface area contributed by atoms with E-state index in [1.54, 1.807) is 0 Å². The lowest BCUT2D eigenvalue weighted by atomic mass is 9.98. The van der Waals surface area contributed by atoms with E-state index in [2.05, 4.69) is 11.8 Å². The summed E-state index contributed by atoms with van der Waals surface area (Å²) in [4.78, 5) is 2.18. The minimum absolute atomic E-state index is 0.383. The zero-order valence-electron chi connectivity index (χ0n) is 10.3. The molecule has 0 spiro atoms. The van der Waals surface area contributed by atoms with Crippen molar-refractivity contribution in [1.29, 1.82) is 5.41 Å². The van der Waals surface area contributed by atoms with Crippen LogP contribution in [0.15, 0.2) is 0 Å². The maximum Gasteiger partial charge on any atom is 0.128 e. The fourth-order valence-corrected chi connectivity index (χ4v) is 2.11. The van der Waals surface area contributed by atoms with Crippen LogP contribution >= 0.6 is 0 Å². The van der Waals surface area contributed by atoms with Gasteiger partial charge in [-0.15, -0.1) is 0 Å². The van der Waals surface area contributed by atoms with Gasteiger partial charge >= 0.3 is 0 Å². The van der Waals surface area contributed by atoms with Gasteiger partial charge < -0.3 is 9.64 Å². The molecule has 1 rings (SSSR count). The third kappa shape index (κ3) is 2.94. The molecule has 15 heavy (non-hydrogen) atoms. The van der Waals surface area contributed by atoms with Crippen LogP contribution < -0.4 is 0 Å². The molecule has 0 aliphatic carbocycles. The van der Waals surface area contributed by atoms with Gasteiger partial charge in [0.2, 0.25) is 0 Å². The number of nitrogens with zero attached hydrogens (tertiary/aromatic N) is 1. The first-order valence-electron chi connectivity index (χ1n) is 6.12. The summed E-state index contributed by atoms with van der Waals surface area (Å²) in [5.74, 6) is 0.673. The average Bonchev–Trinajstić information content (AvgIpc) is 2.29. The number of ether oxygens (including phenoxy) is 1. The number of amidine groups is 1. The van der Waals surface area contributed by atoms with Gasteiger partial charge in [0, 0.05) is 19.7 Å². The molecule has 0 radical (unpaired) electrons. The lowest BCUT2D eigenvalue weighted by Crippen LogP contribution is -2.49. The zero-order chi connectivity index (χ0) is 11.3. The SMILES string of the molecule is CCOC(C)(CC)C(=N)N1CCCCC1. The van der Waals surface area contributed by atoms with Crippen LogP contribution in [-0.4, -0.2) is 36.0 Å². The summed E-state index contributed by atoms with van der Waals surface area (Å²) in [5.41, 5.74) is -0.383. The number of hydrogen-bond acceptors (Lipinski definition) is 2. The van der Waals surface area contributed by atoms with E-state index in [-0.39, 0.29) is 5.60 Å². The monoisotopic (exact) mass is 212 g/mol. The molecule has 0 aromatic heterocycles. The van der Waals surface area contributed by atoms with E-state index in [1.807, 2.05) is 13.8 Å². The van der Waals surface area contributed by atoms with Crippen LogP contribution in [0.3, 0.4) is 0 Å². The summed E-state index contributed by atoms with van der Waals surface area (Å²) >= 11 is 0. The van der Waals surface area contributed by atoms with Crippen molar-refractivity contribution in [3.05, 3.63) is 0 Å². The third-order valence-electron chi connectivity index (χ3n) is 3.31. The molecule has 0 bridgehead atoms. The molecular formula is C12H24N2O. The van der Waals surface area contributed by atoms with Gasteiger partial charge in [0.15, 0.2) is 0 Å². The second-order valence-corrected chi connectivity index (χ2v) is 4.41. The van der Waals surface area contributed by atoms with E-state index in [1.165, 1.54) is 19.3 Å². The summed E-state index contributed by atoms with van der Waals surface area (Å²) in [7, 11) is 0. The summed E-state index contributed by atoms with van der Waals surface area (Å²) in [6.07, 6.45) is 4.61. The van der Waals surface area contributed by atoms with Gasteiger partial charge in [-0.3, -0.25) is 5.41 Å². The van der Waals surface area contributed by atoms with Gasteiger partial charge in [0.1, 0.15) is 11.4 Å². The first-order chi connectivity index (χ1) is 7.14. The van der Waals surface area contributed by atoms with Crippen LogP contribution in [-0.2, 0) is 4.74 Å². The maximum atomic E-state index is 8.24. The molecule has 1 fully saturated rings. The molecule has 0 amide bonds. The first kappa shape index (κ1) is 12.5. The van der Waals surface area contributed by atoms with Crippen molar-refractivity contribution in [2.75, 3.05) is 19.7 Å². The Morgan fingerprint density at radius 1 is 1.27 bits per heavy atom. The number of piperidine rings is 1. The van der Waals surface area contributed by atoms with Crippen LogP contribution in [0.5, 0.6) is 0 Å². The topological polar surface area (TPSA) is 36.3 Å². The van der Waals surface area contributed by atoms with Gasteiger partial charge in [-0.1, -0.05) is 6.92 Å². The molecule has 1 atom stereocenters. The molecule has 3 heteroatoms. The lowest BCUT2D eigenvalue weighted by Gasteiger charge is -2.38. The Balaban J connectivity index is 2.62. The first-order valence-corrected chi connectivity index (χ1v) is 6.12. The van der Waals surface area contributed by atoms with Gasteiger partial charge in [-0.25, -0.2) is 0 Å². The van der Waals surface area contributed by atoms with E-state index in [9.17, 15) is 0 Å². The molecule has 1 N–H and O–H groups in total. The second-order valence-electron chi connectivity index (χ2n) is 4.41. The predicted molar refractivity (Wildman–Crippen MR) is 63.5 cm³/mol. The normalized spacial score (nSPS) is 21.1. The number of nitrogens with one attached hydrogen (secondary N) is 1. The molecule has 88 valence electrons. The Labute approximate surface area is 93.3 Å². The molecule has 0 aromatic rings. The molecule has 0 saturated carbocycles. The standard InChI is InChI=1S/C12H24N2O/c1-4-12(3,15-5-2)11(13)14-9-7-6-8-10-14/h13H,4-10H2,1-3H3. The highest BCUT2D eigenvalue weighted by Crippen LogP contribution is 2.21. The van der Waals surface area contributed by atoms with Crippen LogP contribution in [0.2, 0.25) is 0 Å². The van der Waals surface area contributed by atoms with Crippen molar-refractivity contribution in [2.24, 2.45) is 0 Å². The van der Waals surface area contributed by atoms with Crippen molar-refractivity contribution in [2.45, 2.75) is 52.1 Å². The van der Waals surface area contributed by atoms with Gasteiger partial charge in [0.25, 0.3) is 0 Å². The van der Waals surface area contributed by atoms with E-state index in [4.69, 9.17) is 10.1 Å². The molecule has 3 nitrogen and oxygen atoms in total. The van der Waals surface area contributed by atoms with Crippen LogP contribution in [0, 0.1) is 5.41 Å². The second kappa shape index (κ2) is 5.50. The van der Waals surface area contributed by atoms with Crippen molar-refractivity contribution >= 4 is 5.84 Å². The largest absolute Gasteiger partial charge is 0.368 e. The lowest BCUT2D eigenvalue weighted by molar-refractivity contribution is 0.0155. The molecular weight excluding hydrogens is 188 g/mol. The van der Waals surface area contributed by atoms with Crippen LogP contribution in [0.25, 0.3) is 0 Å². The van der Waals surface area contributed by atoms with Gasteiger partial charge in [0.05, 0.1) is 0 Å². The highest BCUT2D eigenvalue weighted by molar-refractivity contribution is 5.87. The zero-order valence-corrected chi connectivity index (χ0v) is 10.3. The smallest absolute Gasteiger partial charge is 0.128 e. The van der Waals surface area contributed by atoms with Gasteiger partial charge in [-0.05, 0) is 39.5 Å². The number of hydrogen-bond donors (Lipinski definition) is 1. The van der Waals surface area contributed by atoms with Crippen molar-refractivity contribution in [3.63, 3.8) is 0 Å². The Morgan fingerprint density at radius 3 is 2.33 bits per heavy atom. The highest BCUT2D eigenvalue weighted by Gasteiger charge is 2.32. The third-order valence-corrected chi connectivity index (χ3v) is 3.31. The Bertz CT molecular complexity index is 212. The summed E-state index contributed by atoms with van der Waals surface area (Å²) in [5, 5.41) is 8.24. The minimum Gasteiger partial charge on any atom is -0.368 e. The quantitative estimate of drug-likeness (QED) is 0.574. The molecule has 1 aliphatic rings.